The van der Waals surface area contributed by atoms with Gasteiger partial charge in [0.15, 0.2) is 0 Å². The molecule has 1 saturated heterocycles. The Morgan fingerprint density at radius 3 is 1.75 bits per heavy atom. The van der Waals surface area contributed by atoms with Crippen LogP contribution in [-0.2, 0) is 48.3 Å². The highest BCUT2D eigenvalue weighted by atomic mass is 16.6. The maximum absolute atomic E-state index is 12.5. The molecule has 188 valence electrons. The molecule has 36 heavy (non-hydrogen) atoms. The van der Waals surface area contributed by atoms with Crippen LogP contribution in [0.25, 0.3) is 0 Å². The van der Waals surface area contributed by atoms with Gasteiger partial charge in [-0.2, -0.15) is 0 Å². The van der Waals surface area contributed by atoms with Crippen LogP contribution >= 0.6 is 0 Å². The lowest BCUT2D eigenvalue weighted by atomic mass is 9.99. The van der Waals surface area contributed by atoms with Crippen molar-refractivity contribution < 1.29 is 28.5 Å². The van der Waals surface area contributed by atoms with Crippen molar-refractivity contribution in [3.8, 4) is 0 Å². The zero-order valence-corrected chi connectivity index (χ0v) is 20.4. The van der Waals surface area contributed by atoms with Gasteiger partial charge in [0.1, 0.15) is 12.2 Å². The van der Waals surface area contributed by atoms with Crippen molar-refractivity contribution in [3.05, 3.63) is 108 Å². The summed E-state index contributed by atoms with van der Waals surface area (Å²) in [6, 6.07) is 30.1. The number of fused-ring (bicyclic) bond motifs is 1. The molecule has 1 heterocycles. The number of ether oxygens (including phenoxy) is 5. The van der Waals surface area contributed by atoms with Gasteiger partial charge in [-0.15, -0.1) is 0 Å². The number of carbonyl (C=O) groups is 1. The van der Waals surface area contributed by atoms with Crippen LogP contribution in [0.15, 0.2) is 91.0 Å². The molecule has 1 saturated carbocycles. The summed E-state index contributed by atoms with van der Waals surface area (Å²) in [5.74, 6) is -0.754. The van der Waals surface area contributed by atoms with Crippen LogP contribution in [0, 0.1) is 11.8 Å². The highest BCUT2D eigenvalue weighted by molar-refractivity contribution is 5.77. The molecule has 6 atom stereocenters. The summed E-state index contributed by atoms with van der Waals surface area (Å²) < 4.78 is 30.5. The molecule has 0 amide bonds. The van der Waals surface area contributed by atoms with Crippen molar-refractivity contribution in [2.24, 2.45) is 11.8 Å². The Balaban J connectivity index is 1.34. The van der Waals surface area contributed by atoms with Crippen molar-refractivity contribution in [2.45, 2.75) is 44.2 Å². The van der Waals surface area contributed by atoms with Crippen LogP contribution in [0.3, 0.4) is 0 Å². The quantitative estimate of drug-likeness (QED) is 0.369. The number of hydrogen-bond acceptors (Lipinski definition) is 6. The molecule has 0 unspecified atom stereocenters. The van der Waals surface area contributed by atoms with Gasteiger partial charge in [0.25, 0.3) is 0 Å². The van der Waals surface area contributed by atoms with E-state index in [1.165, 1.54) is 7.11 Å². The Morgan fingerprint density at radius 2 is 1.22 bits per heavy atom. The number of benzene rings is 3. The lowest BCUT2D eigenvalue weighted by Crippen LogP contribution is -2.50. The van der Waals surface area contributed by atoms with Gasteiger partial charge in [-0.25, -0.2) is 0 Å². The Hall–Kier alpha value is -3.03. The fourth-order valence-electron chi connectivity index (χ4n) is 4.95. The van der Waals surface area contributed by atoms with Crippen molar-refractivity contribution in [1.82, 2.24) is 0 Å². The normalized spacial score (nSPS) is 26.7. The fraction of sp³-hybridized carbons (Fsp3) is 0.367. The standard InChI is InChI=1S/C30H32O6/c1-32-30(31)26-25-28(26)36-24(20-33-17-21-11-5-2-6-12-21)27(34-18-22-13-7-3-8-14-22)29(25)35-19-23-15-9-4-10-16-23/h2-16,24-29H,17-20H2,1H3/t24-,25+,26+,27-,28+,29-/m1/s1. The van der Waals surface area contributed by atoms with Gasteiger partial charge in [0.2, 0.25) is 0 Å². The Labute approximate surface area is 212 Å². The molecule has 3 aromatic carbocycles. The maximum Gasteiger partial charge on any atom is 0.311 e. The van der Waals surface area contributed by atoms with E-state index < -0.39 is 6.10 Å². The van der Waals surface area contributed by atoms with Crippen molar-refractivity contribution in [2.75, 3.05) is 13.7 Å². The van der Waals surface area contributed by atoms with E-state index in [0.29, 0.717) is 26.4 Å². The minimum atomic E-state index is -0.402. The summed E-state index contributed by atoms with van der Waals surface area (Å²) in [5.41, 5.74) is 3.21. The van der Waals surface area contributed by atoms with Gasteiger partial charge in [0.05, 0.1) is 51.7 Å². The predicted octanol–water partition coefficient (Wildman–Crippen LogP) is 4.56. The molecule has 5 rings (SSSR count). The van der Waals surface area contributed by atoms with E-state index in [1.807, 2.05) is 91.0 Å². The third kappa shape index (κ3) is 5.85. The van der Waals surface area contributed by atoms with E-state index in [2.05, 4.69) is 0 Å². The highest BCUT2D eigenvalue weighted by Crippen LogP contribution is 2.52. The van der Waals surface area contributed by atoms with Crippen molar-refractivity contribution in [1.29, 1.82) is 0 Å². The molecule has 0 radical (unpaired) electrons. The number of esters is 1. The minimum absolute atomic E-state index is 0.118. The Morgan fingerprint density at radius 1 is 0.722 bits per heavy atom. The lowest BCUT2D eigenvalue weighted by molar-refractivity contribution is -0.201. The first-order valence-electron chi connectivity index (χ1n) is 12.4. The summed E-state index contributed by atoms with van der Waals surface area (Å²) >= 11 is 0. The third-order valence-electron chi connectivity index (χ3n) is 6.85. The second-order valence-corrected chi connectivity index (χ2v) is 9.29. The number of methoxy groups -OCH3 is 1. The predicted molar refractivity (Wildman–Crippen MR) is 134 cm³/mol. The van der Waals surface area contributed by atoms with Gasteiger partial charge in [-0.05, 0) is 16.7 Å². The molecule has 0 spiro atoms. The first-order valence-corrected chi connectivity index (χ1v) is 12.4. The molecule has 6 heteroatoms. The summed E-state index contributed by atoms with van der Waals surface area (Å²) in [6.07, 6.45) is -1.38. The zero-order valence-electron chi connectivity index (χ0n) is 20.4. The number of carbonyl (C=O) groups excluding carboxylic acids is 1. The fourth-order valence-corrected chi connectivity index (χ4v) is 4.95. The Bertz CT molecular complexity index is 1090. The number of rotatable bonds is 11. The van der Waals surface area contributed by atoms with E-state index in [-0.39, 0.29) is 36.1 Å². The highest BCUT2D eigenvalue weighted by Gasteiger charge is 2.67. The molecular formula is C30H32O6. The first-order chi connectivity index (χ1) is 17.7. The van der Waals surface area contributed by atoms with Gasteiger partial charge in [-0.3, -0.25) is 4.79 Å². The van der Waals surface area contributed by atoms with Crippen LogP contribution in [0.1, 0.15) is 16.7 Å². The van der Waals surface area contributed by atoms with Crippen LogP contribution in [0.5, 0.6) is 0 Å². The first kappa shape index (κ1) is 24.7. The van der Waals surface area contributed by atoms with E-state index in [0.717, 1.165) is 16.7 Å². The molecule has 1 aliphatic carbocycles. The summed E-state index contributed by atoms with van der Waals surface area (Å²) in [6.45, 7) is 1.63. The van der Waals surface area contributed by atoms with Crippen LogP contribution in [-0.4, -0.2) is 44.1 Å². The molecule has 0 N–H and O–H groups in total. The second kappa shape index (κ2) is 11.8. The molecule has 3 aromatic rings. The average molecular weight is 489 g/mol. The van der Waals surface area contributed by atoms with Crippen LogP contribution < -0.4 is 0 Å². The number of hydrogen-bond donors (Lipinski definition) is 0. The van der Waals surface area contributed by atoms with E-state index in [4.69, 9.17) is 23.7 Å². The molecular weight excluding hydrogens is 456 g/mol. The Kier molecular flexibility index (Phi) is 8.08. The summed E-state index contributed by atoms with van der Waals surface area (Å²) in [4.78, 5) is 12.5. The van der Waals surface area contributed by atoms with Gasteiger partial charge in [0, 0.05) is 5.92 Å². The van der Waals surface area contributed by atoms with Gasteiger partial charge >= 0.3 is 5.97 Å². The molecule has 2 aliphatic rings. The van der Waals surface area contributed by atoms with Crippen LogP contribution in [0.2, 0.25) is 0 Å². The summed E-state index contributed by atoms with van der Waals surface area (Å²) in [7, 11) is 1.41. The molecule has 1 aliphatic heterocycles. The second-order valence-electron chi connectivity index (χ2n) is 9.29. The third-order valence-corrected chi connectivity index (χ3v) is 6.85. The molecule has 2 fully saturated rings. The zero-order chi connectivity index (χ0) is 24.7. The molecule has 6 nitrogen and oxygen atoms in total. The average Bonchev–Trinajstić information content (AvgIpc) is 3.66. The van der Waals surface area contributed by atoms with E-state index >= 15 is 0 Å². The van der Waals surface area contributed by atoms with Crippen molar-refractivity contribution >= 4 is 5.97 Å². The SMILES string of the molecule is COC(=O)[C@@H]1[C@H]2O[C@H](COCc3ccccc3)[C@@H](OCc3ccccc3)[C@H](OCc3ccccc3)[C@H]21. The lowest BCUT2D eigenvalue weighted by Gasteiger charge is -2.37. The smallest absolute Gasteiger partial charge is 0.311 e. The monoisotopic (exact) mass is 488 g/mol. The van der Waals surface area contributed by atoms with Crippen molar-refractivity contribution in [3.63, 3.8) is 0 Å². The van der Waals surface area contributed by atoms with Crippen LogP contribution in [0.4, 0.5) is 0 Å². The van der Waals surface area contributed by atoms with Gasteiger partial charge < -0.3 is 23.7 Å². The van der Waals surface area contributed by atoms with Gasteiger partial charge in [-0.1, -0.05) is 91.0 Å². The van der Waals surface area contributed by atoms with E-state index in [9.17, 15) is 4.79 Å². The topological polar surface area (TPSA) is 63.2 Å². The maximum atomic E-state index is 12.5. The van der Waals surface area contributed by atoms with E-state index in [1.54, 1.807) is 0 Å². The largest absolute Gasteiger partial charge is 0.469 e. The minimum Gasteiger partial charge on any atom is -0.469 e. The molecule has 0 aromatic heterocycles. The molecule has 0 bridgehead atoms. The summed E-state index contributed by atoms with van der Waals surface area (Å²) in [5, 5.41) is 0.